The summed E-state index contributed by atoms with van der Waals surface area (Å²) in [4.78, 5) is 3.98. The fraction of sp³-hybridized carbons (Fsp3) is 0.429. The number of rotatable bonds is 8. The van der Waals surface area contributed by atoms with Crippen LogP contribution in [0.4, 0.5) is 0 Å². The Morgan fingerprint density at radius 3 is 2.32 bits per heavy atom. The molecule has 0 amide bonds. The van der Waals surface area contributed by atoms with Crippen molar-refractivity contribution in [3.63, 3.8) is 0 Å². The average Bonchev–Trinajstić information content (AvgIpc) is 2.86. The minimum Gasteiger partial charge on any atom is -0.281 e. The lowest BCUT2D eigenvalue weighted by Crippen LogP contribution is -2.37. The summed E-state index contributed by atoms with van der Waals surface area (Å²) in [6.45, 7) is 3.30. The molecule has 0 saturated carbocycles. The average molecular weight is 387 g/mol. The highest BCUT2D eigenvalue weighted by molar-refractivity contribution is 7.89. The summed E-state index contributed by atoms with van der Waals surface area (Å²) in [6, 6.07) is 3.42. The Labute approximate surface area is 147 Å². The van der Waals surface area contributed by atoms with Crippen molar-refractivity contribution in [3.05, 3.63) is 41.5 Å². The van der Waals surface area contributed by atoms with Crippen LogP contribution in [0.2, 0.25) is 0 Å². The third-order valence-electron chi connectivity index (χ3n) is 3.56. The number of nitrogens with zero attached hydrogens (tertiary/aromatic N) is 3. The van der Waals surface area contributed by atoms with E-state index in [1.54, 1.807) is 38.4 Å². The molecule has 0 saturated heterocycles. The molecule has 0 aliphatic heterocycles. The fourth-order valence-corrected chi connectivity index (χ4v) is 4.56. The van der Waals surface area contributed by atoms with Crippen LogP contribution in [0.3, 0.4) is 0 Å². The lowest BCUT2D eigenvalue weighted by atomic mass is 10.3. The smallest absolute Gasteiger partial charge is 0.244 e. The number of hydrogen-bond acceptors (Lipinski definition) is 6. The van der Waals surface area contributed by atoms with Gasteiger partial charge in [0.15, 0.2) is 0 Å². The van der Waals surface area contributed by atoms with Crippen molar-refractivity contribution < 1.29 is 16.8 Å². The molecule has 25 heavy (non-hydrogen) atoms. The molecule has 0 aliphatic rings. The molecule has 2 N–H and O–H groups in total. The summed E-state index contributed by atoms with van der Waals surface area (Å²) in [5, 5.41) is 6.48. The fourth-order valence-electron chi connectivity index (χ4n) is 2.37. The van der Waals surface area contributed by atoms with Gasteiger partial charge in [-0.15, -0.1) is 0 Å². The van der Waals surface area contributed by atoms with Crippen molar-refractivity contribution in [2.24, 2.45) is 0 Å². The van der Waals surface area contributed by atoms with E-state index >= 15 is 0 Å². The number of pyridine rings is 1. The van der Waals surface area contributed by atoms with Gasteiger partial charge in [0.2, 0.25) is 20.0 Å². The SMILES string of the molecule is Cc1n[nH]c(C)c1S(=O)(=O)NCCN(Cc1ccncc1)S(C)(=O)=O. The molecule has 2 rings (SSSR count). The normalized spacial score (nSPS) is 12.6. The number of hydrogen-bond donors (Lipinski definition) is 2. The van der Waals surface area contributed by atoms with Gasteiger partial charge in [0.1, 0.15) is 4.90 Å². The van der Waals surface area contributed by atoms with E-state index in [4.69, 9.17) is 0 Å². The van der Waals surface area contributed by atoms with Crippen molar-refractivity contribution in [1.29, 1.82) is 0 Å². The van der Waals surface area contributed by atoms with Crippen LogP contribution in [0.15, 0.2) is 29.4 Å². The first-order valence-corrected chi connectivity index (χ1v) is 10.8. The molecule has 2 aromatic rings. The van der Waals surface area contributed by atoms with E-state index in [1.165, 1.54) is 4.31 Å². The quantitative estimate of drug-likeness (QED) is 0.665. The zero-order valence-corrected chi connectivity index (χ0v) is 15.9. The predicted octanol–water partition coefficient (Wildman–Crippen LogP) is 0.162. The van der Waals surface area contributed by atoms with Crippen molar-refractivity contribution in [2.45, 2.75) is 25.3 Å². The van der Waals surface area contributed by atoms with Crippen LogP contribution >= 0.6 is 0 Å². The second-order valence-corrected chi connectivity index (χ2v) is 9.30. The lowest BCUT2D eigenvalue weighted by Gasteiger charge is -2.20. The van der Waals surface area contributed by atoms with Gasteiger partial charge in [-0.2, -0.15) is 9.40 Å². The van der Waals surface area contributed by atoms with Crippen molar-refractivity contribution in [2.75, 3.05) is 19.3 Å². The number of aryl methyl sites for hydroxylation is 2. The highest BCUT2D eigenvalue weighted by Crippen LogP contribution is 2.16. The van der Waals surface area contributed by atoms with Gasteiger partial charge in [-0.1, -0.05) is 0 Å². The molecule has 2 heterocycles. The molecule has 0 bridgehead atoms. The van der Waals surface area contributed by atoms with E-state index in [-0.39, 0.29) is 24.5 Å². The topological polar surface area (TPSA) is 125 Å². The zero-order chi connectivity index (χ0) is 18.7. The summed E-state index contributed by atoms with van der Waals surface area (Å²) in [5.41, 5.74) is 1.56. The van der Waals surface area contributed by atoms with Gasteiger partial charge < -0.3 is 0 Å². The molecule has 0 spiro atoms. The molecule has 0 aliphatic carbocycles. The van der Waals surface area contributed by atoms with Crippen LogP contribution in [0.5, 0.6) is 0 Å². The maximum atomic E-state index is 12.4. The van der Waals surface area contributed by atoms with Crippen LogP contribution in [-0.4, -0.2) is 55.7 Å². The van der Waals surface area contributed by atoms with Crippen molar-refractivity contribution in [1.82, 2.24) is 24.2 Å². The van der Waals surface area contributed by atoms with Crippen LogP contribution in [0.25, 0.3) is 0 Å². The first-order valence-electron chi connectivity index (χ1n) is 7.46. The standard InChI is InChI=1S/C14H21N5O4S2/c1-11-14(12(2)18-17-11)25(22,23)16-8-9-19(24(3,20)21)10-13-4-6-15-7-5-13/h4-7,16H,8-10H2,1-3H3,(H,17,18). The second kappa shape index (κ2) is 7.60. The zero-order valence-electron chi connectivity index (χ0n) is 14.2. The Hall–Kier alpha value is -1.82. The number of H-pyrrole nitrogens is 1. The third-order valence-corrected chi connectivity index (χ3v) is 6.53. The molecule has 0 fully saturated rings. The number of aromatic nitrogens is 3. The van der Waals surface area contributed by atoms with Crippen molar-refractivity contribution in [3.8, 4) is 0 Å². The first kappa shape index (κ1) is 19.5. The molecule has 0 radical (unpaired) electrons. The highest BCUT2D eigenvalue weighted by atomic mass is 32.2. The van der Waals surface area contributed by atoms with Gasteiger partial charge in [0.05, 0.1) is 17.6 Å². The summed E-state index contributed by atoms with van der Waals surface area (Å²) >= 11 is 0. The van der Waals surface area contributed by atoms with E-state index in [0.29, 0.717) is 11.4 Å². The van der Waals surface area contributed by atoms with E-state index < -0.39 is 20.0 Å². The Kier molecular flexibility index (Phi) is 5.93. The molecular formula is C14H21N5O4S2. The number of nitrogens with one attached hydrogen (secondary N) is 2. The molecule has 11 heteroatoms. The predicted molar refractivity (Wildman–Crippen MR) is 92.7 cm³/mol. The van der Waals surface area contributed by atoms with Gasteiger partial charge in [0.25, 0.3) is 0 Å². The van der Waals surface area contributed by atoms with Gasteiger partial charge >= 0.3 is 0 Å². The minimum absolute atomic E-state index is 0.0103. The van der Waals surface area contributed by atoms with Crippen molar-refractivity contribution >= 4 is 20.0 Å². The molecule has 138 valence electrons. The van der Waals surface area contributed by atoms with Crippen LogP contribution in [-0.2, 0) is 26.6 Å². The van der Waals surface area contributed by atoms with E-state index in [9.17, 15) is 16.8 Å². The second-order valence-electron chi connectivity index (χ2n) is 5.61. The Bertz CT molecular complexity index is 904. The number of aromatic amines is 1. The Morgan fingerprint density at radius 2 is 1.80 bits per heavy atom. The molecule has 0 unspecified atom stereocenters. The van der Waals surface area contributed by atoms with Gasteiger partial charge in [-0.25, -0.2) is 21.6 Å². The molecule has 9 nitrogen and oxygen atoms in total. The lowest BCUT2D eigenvalue weighted by molar-refractivity contribution is 0.412. The summed E-state index contributed by atoms with van der Waals surface area (Å²) < 4.78 is 52.3. The maximum absolute atomic E-state index is 12.4. The first-order chi connectivity index (χ1) is 11.6. The Morgan fingerprint density at radius 1 is 1.16 bits per heavy atom. The third kappa shape index (κ3) is 5.08. The molecule has 2 aromatic heterocycles. The highest BCUT2D eigenvalue weighted by Gasteiger charge is 2.23. The van der Waals surface area contributed by atoms with Crippen LogP contribution in [0.1, 0.15) is 17.0 Å². The van der Waals surface area contributed by atoms with Gasteiger partial charge in [-0.05, 0) is 31.5 Å². The van der Waals surface area contributed by atoms with Gasteiger partial charge in [0, 0.05) is 32.0 Å². The molecular weight excluding hydrogens is 366 g/mol. The Balaban J connectivity index is 2.06. The molecule has 0 atom stereocenters. The number of sulfonamides is 2. The summed E-state index contributed by atoms with van der Waals surface area (Å²) in [6.07, 6.45) is 4.24. The summed E-state index contributed by atoms with van der Waals surface area (Å²) in [5.74, 6) is 0. The largest absolute Gasteiger partial charge is 0.281 e. The van der Waals surface area contributed by atoms with Crippen LogP contribution in [0, 0.1) is 13.8 Å². The van der Waals surface area contributed by atoms with E-state index in [0.717, 1.165) is 11.8 Å². The monoisotopic (exact) mass is 387 g/mol. The van der Waals surface area contributed by atoms with E-state index in [2.05, 4.69) is 19.9 Å². The van der Waals surface area contributed by atoms with Gasteiger partial charge in [-0.3, -0.25) is 10.1 Å². The minimum atomic E-state index is -3.77. The van der Waals surface area contributed by atoms with E-state index in [1.807, 2.05) is 0 Å². The summed E-state index contributed by atoms with van der Waals surface area (Å²) in [7, 11) is -7.26. The maximum Gasteiger partial charge on any atom is 0.244 e. The van der Waals surface area contributed by atoms with Crippen LogP contribution < -0.4 is 4.72 Å². The molecule has 0 aromatic carbocycles.